The van der Waals surface area contributed by atoms with Crippen molar-refractivity contribution < 1.29 is 5.11 Å². The van der Waals surface area contributed by atoms with Crippen LogP contribution in [0.5, 0.6) is 0 Å². The maximum atomic E-state index is 9.25. The molecule has 1 heterocycles. The molecule has 78 valence electrons. The normalized spacial score (nSPS) is 24.5. The smallest absolute Gasteiger partial charge is 0.0639 e. The van der Waals surface area contributed by atoms with E-state index < -0.39 is 0 Å². The van der Waals surface area contributed by atoms with Crippen molar-refractivity contribution in [3.8, 4) is 0 Å². The average molecular weight is 187 g/mol. The predicted molar refractivity (Wildman–Crippen MR) is 53.9 cm³/mol. The monoisotopic (exact) mass is 187 g/mol. The van der Waals surface area contributed by atoms with Crippen LogP contribution in [0.4, 0.5) is 0 Å². The summed E-state index contributed by atoms with van der Waals surface area (Å²) in [6, 6.07) is 0. The number of hydrogen-bond acceptors (Lipinski definition) is 4. The van der Waals surface area contributed by atoms with Crippen LogP contribution in [-0.4, -0.2) is 61.9 Å². The van der Waals surface area contributed by atoms with Crippen LogP contribution in [0.3, 0.4) is 0 Å². The minimum Gasteiger partial charge on any atom is -0.392 e. The Morgan fingerprint density at radius 2 is 1.69 bits per heavy atom. The van der Waals surface area contributed by atoms with Gasteiger partial charge in [-0.15, -0.1) is 0 Å². The Balaban J connectivity index is 2.24. The number of aliphatic hydroxyl groups is 1. The molecule has 0 spiro atoms. The van der Waals surface area contributed by atoms with Crippen molar-refractivity contribution in [1.82, 2.24) is 15.5 Å². The summed E-state index contributed by atoms with van der Waals surface area (Å²) in [5, 5.41) is 15.9. The van der Waals surface area contributed by atoms with Crippen LogP contribution in [0.1, 0.15) is 6.92 Å². The van der Waals surface area contributed by atoms with Gasteiger partial charge in [-0.1, -0.05) is 0 Å². The fraction of sp³-hybridized carbons (Fsp3) is 1.00. The standard InChI is InChI=1S/C9H21N3O/c1-9(13)8-12-6-4-10-2-3-11-5-7-12/h9-11,13H,2-8H2,1H3/t9-/m0/s1. The van der Waals surface area contributed by atoms with Gasteiger partial charge in [0.1, 0.15) is 0 Å². The topological polar surface area (TPSA) is 47.5 Å². The SMILES string of the molecule is C[C@H](O)CN1CCNCCNCC1. The number of β-amino-alcohol motifs (C(OH)–C–C–N with tert-alkyl or cyclic N) is 1. The number of nitrogens with zero attached hydrogens (tertiary/aromatic N) is 1. The molecule has 13 heavy (non-hydrogen) atoms. The fourth-order valence-corrected chi connectivity index (χ4v) is 1.57. The Labute approximate surface area is 80.3 Å². The second kappa shape index (κ2) is 6.32. The van der Waals surface area contributed by atoms with Crippen molar-refractivity contribution >= 4 is 0 Å². The van der Waals surface area contributed by atoms with Gasteiger partial charge >= 0.3 is 0 Å². The van der Waals surface area contributed by atoms with Gasteiger partial charge in [0.25, 0.3) is 0 Å². The van der Waals surface area contributed by atoms with Gasteiger partial charge in [0.2, 0.25) is 0 Å². The molecule has 1 aliphatic heterocycles. The van der Waals surface area contributed by atoms with Gasteiger partial charge in [0, 0.05) is 45.8 Å². The minimum absolute atomic E-state index is 0.222. The summed E-state index contributed by atoms with van der Waals surface area (Å²) in [5.74, 6) is 0. The Hall–Kier alpha value is -0.160. The van der Waals surface area contributed by atoms with E-state index in [1.165, 1.54) is 0 Å². The van der Waals surface area contributed by atoms with E-state index in [0.29, 0.717) is 0 Å². The number of hydrogen-bond donors (Lipinski definition) is 3. The summed E-state index contributed by atoms with van der Waals surface area (Å²) in [5.41, 5.74) is 0. The first kappa shape index (κ1) is 10.9. The van der Waals surface area contributed by atoms with Crippen LogP contribution in [0.25, 0.3) is 0 Å². The molecule has 1 saturated heterocycles. The van der Waals surface area contributed by atoms with Gasteiger partial charge < -0.3 is 15.7 Å². The molecular weight excluding hydrogens is 166 g/mol. The minimum atomic E-state index is -0.222. The summed E-state index contributed by atoms with van der Waals surface area (Å²) in [4.78, 5) is 2.29. The van der Waals surface area contributed by atoms with Gasteiger partial charge in [-0.3, -0.25) is 4.90 Å². The molecule has 1 aliphatic rings. The second-order valence-electron chi connectivity index (χ2n) is 3.65. The fourth-order valence-electron chi connectivity index (χ4n) is 1.57. The highest BCUT2D eigenvalue weighted by Gasteiger charge is 2.08. The molecule has 0 aromatic rings. The third-order valence-corrected chi connectivity index (χ3v) is 2.21. The molecule has 4 nitrogen and oxygen atoms in total. The molecule has 0 amide bonds. The Kier molecular flexibility index (Phi) is 5.31. The van der Waals surface area contributed by atoms with E-state index in [9.17, 15) is 5.11 Å². The summed E-state index contributed by atoms with van der Waals surface area (Å²) in [6.45, 7) is 8.82. The van der Waals surface area contributed by atoms with Crippen molar-refractivity contribution in [1.29, 1.82) is 0 Å². The molecular formula is C9H21N3O. The Morgan fingerprint density at radius 3 is 2.15 bits per heavy atom. The highest BCUT2D eigenvalue weighted by atomic mass is 16.3. The lowest BCUT2D eigenvalue weighted by Crippen LogP contribution is -2.38. The molecule has 1 atom stereocenters. The molecule has 1 rings (SSSR count). The summed E-state index contributed by atoms with van der Waals surface area (Å²) >= 11 is 0. The highest BCUT2D eigenvalue weighted by molar-refractivity contribution is 4.67. The summed E-state index contributed by atoms with van der Waals surface area (Å²) in [6.07, 6.45) is -0.222. The lowest BCUT2D eigenvalue weighted by atomic mass is 10.3. The zero-order valence-corrected chi connectivity index (χ0v) is 8.42. The first-order chi connectivity index (χ1) is 6.29. The van der Waals surface area contributed by atoms with E-state index in [2.05, 4.69) is 15.5 Å². The lowest BCUT2D eigenvalue weighted by molar-refractivity contribution is 0.128. The van der Waals surface area contributed by atoms with Crippen LogP contribution < -0.4 is 10.6 Å². The van der Waals surface area contributed by atoms with E-state index in [-0.39, 0.29) is 6.10 Å². The molecule has 1 fully saturated rings. The van der Waals surface area contributed by atoms with E-state index in [4.69, 9.17) is 0 Å². The van der Waals surface area contributed by atoms with E-state index >= 15 is 0 Å². The molecule has 0 bridgehead atoms. The molecule has 0 saturated carbocycles. The van der Waals surface area contributed by atoms with Crippen LogP contribution >= 0.6 is 0 Å². The molecule has 0 aliphatic carbocycles. The molecule has 4 heteroatoms. The average Bonchev–Trinajstić information content (AvgIpc) is 2.17. The van der Waals surface area contributed by atoms with Gasteiger partial charge in [0.15, 0.2) is 0 Å². The van der Waals surface area contributed by atoms with Crippen LogP contribution in [0.2, 0.25) is 0 Å². The molecule has 0 radical (unpaired) electrons. The molecule has 0 unspecified atom stereocenters. The van der Waals surface area contributed by atoms with Crippen molar-refractivity contribution in [3.05, 3.63) is 0 Å². The largest absolute Gasteiger partial charge is 0.392 e. The number of rotatable bonds is 2. The number of nitrogens with one attached hydrogen (secondary N) is 2. The maximum absolute atomic E-state index is 9.25. The summed E-state index contributed by atoms with van der Waals surface area (Å²) in [7, 11) is 0. The van der Waals surface area contributed by atoms with Crippen molar-refractivity contribution in [2.45, 2.75) is 13.0 Å². The molecule has 0 aromatic carbocycles. The van der Waals surface area contributed by atoms with Crippen LogP contribution in [0, 0.1) is 0 Å². The van der Waals surface area contributed by atoms with E-state index in [1.54, 1.807) is 0 Å². The van der Waals surface area contributed by atoms with Gasteiger partial charge in [-0.05, 0) is 6.92 Å². The molecule has 0 aromatic heterocycles. The quantitative estimate of drug-likeness (QED) is 0.511. The zero-order valence-electron chi connectivity index (χ0n) is 8.42. The summed E-state index contributed by atoms with van der Waals surface area (Å²) < 4.78 is 0. The third-order valence-electron chi connectivity index (χ3n) is 2.21. The van der Waals surface area contributed by atoms with Gasteiger partial charge in [-0.25, -0.2) is 0 Å². The Morgan fingerprint density at radius 1 is 1.15 bits per heavy atom. The second-order valence-corrected chi connectivity index (χ2v) is 3.65. The van der Waals surface area contributed by atoms with Crippen LogP contribution in [0.15, 0.2) is 0 Å². The van der Waals surface area contributed by atoms with E-state index in [0.717, 1.165) is 45.8 Å². The van der Waals surface area contributed by atoms with Crippen molar-refractivity contribution in [2.75, 3.05) is 45.8 Å². The van der Waals surface area contributed by atoms with Crippen molar-refractivity contribution in [2.24, 2.45) is 0 Å². The highest BCUT2D eigenvalue weighted by Crippen LogP contribution is 1.91. The molecule has 3 N–H and O–H groups in total. The maximum Gasteiger partial charge on any atom is 0.0639 e. The van der Waals surface area contributed by atoms with Gasteiger partial charge in [0.05, 0.1) is 6.10 Å². The zero-order chi connectivity index (χ0) is 9.52. The van der Waals surface area contributed by atoms with Crippen LogP contribution in [-0.2, 0) is 0 Å². The number of aliphatic hydroxyl groups excluding tert-OH is 1. The first-order valence-corrected chi connectivity index (χ1v) is 5.11. The third kappa shape index (κ3) is 5.21. The predicted octanol–water partition coefficient (Wildman–Crippen LogP) is -1.14. The van der Waals surface area contributed by atoms with E-state index in [1.807, 2.05) is 6.92 Å². The van der Waals surface area contributed by atoms with Gasteiger partial charge in [-0.2, -0.15) is 0 Å². The van der Waals surface area contributed by atoms with Crippen molar-refractivity contribution in [3.63, 3.8) is 0 Å². The first-order valence-electron chi connectivity index (χ1n) is 5.11. The lowest BCUT2D eigenvalue weighted by Gasteiger charge is -2.22. The Bertz CT molecular complexity index is 120.